The molecule has 1 unspecified atom stereocenters. The molecule has 0 aliphatic rings. The first-order chi connectivity index (χ1) is 8.47. The normalized spacial score (nSPS) is 11.6. The Morgan fingerprint density at radius 1 is 1.17 bits per heavy atom. The third kappa shape index (κ3) is 5.10. The van der Waals surface area contributed by atoms with Crippen LogP contribution in [0.2, 0.25) is 0 Å². The molecule has 8 nitrogen and oxygen atoms in total. The molecule has 1 aromatic rings. The maximum absolute atomic E-state index is 10.4. The molecule has 0 bridgehead atoms. The maximum Gasteiger partial charge on any atom is 0.475 e. The molecule has 0 aromatic heterocycles. The van der Waals surface area contributed by atoms with Crippen LogP contribution in [0.3, 0.4) is 0 Å². The SMILES string of the molecule is Cc1ccc(CC(CO[N+](=O)O)O[N+](=O)O)cc1. The molecule has 0 heterocycles. The van der Waals surface area contributed by atoms with Crippen LogP contribution >= 0.6 is 0 Å². The first-order valence-corrected chi connectivity index (χ1v) is 5.15. The van der Waals surface area contributed by atoms with Crippen LogP contribution in [0.15, 0.2) is 24.3 Å². The van der Waals surface area contributed by atoms with Gasteiger partial charge in [0.15, 0.2) is 0 Å². The quantitative estimate of drug-likeness (QED) is 0.710. The summed E-state index contributed by atoms with van der Waals surface area (Å²) in [5.41, 5.74) is 1.90. The van der Waals surface area contributed by atoms with Gasteiger partial charge in [-0.3, -0.25) is 0 Å². The molecule has 8 heteroatoms. The van der Waals surface area contributed by atoms with Crippen molar-refractivity contribution in [3.8, 4) is 0 Å². The van der Waals surface area contributed by atoms with E-state index in [1.54, 1.807) is 0 Å². The molecule has 1 aromatic carbocycles. The van der Waals surface area contributed by atoms with Crippen molar-refractivity contribution in [2.75, 3.05) is 6.61 Å². The molecule has 0 fully saturated rings. The first kappa shape index (κ1) is 13.7. The minimum atomic E-state index is -0.904. The van der Waals surface area contributed by atoms with Crippen LogP contribution in [0.4, 0.5) is 0 Å². The molecule has 98 valence electrons. The molecular formula is C10H14N2O6+2. The van der Waals surface area contributed by atoms with Gasteiger partial charge in [-0.2, -0.15) is 9.68 Å². The summed E-state index contributed by atoms with van der Waals surface area (Å²) >= 11 is 0. The highest BCUT2D eigenvalue weighted by molar-refractivity contribution is 5.21. The zero-order valence-corrected chi connectivity index (χ0v) is 9.72. The molecule has 1 atom stereocenters. The van der Waals surface area contributed by atoms with Crippen LogP contribution in [0.25, 0.3) is 0 Å². The Morgan fingerprint density at radius 3 is 2.28 bits per heavy atom. The van der Waals surface area contributed by atoms with Crippen LogP contribution in [0, 0.1) is 16.7 Å². The van der Waals surface area contributed by atoms with Crippen molar-refractivity contribution in [2.45, 2.75) is 19.4 Å². The fraction of sp³-hybridized carbons (Fsp3) is 0.400. The summed E-state index contributed by atoms with van der Waals surface area (Å²) in [7, 11) is 0. The van der Waals surface area contributed by atoms with E-state index in [2.05, 4.69) is 9.68 Å². The topological polar surface area (TPSA) is 99.1 Å². The fourth-order valence-corrected chi connectivity index (χ4v) is 1.39. The van der Waals surface area contributed by atoms with Crippen molar-refractivity contribution in [3.63, 3.8) is 0 Å². The van der Waals surface area contributed by atoms with Gasteiger partial charge in [-0.05, 0) is 12.5 Å². The van der Waals surface area contributed by atoms with Crippen molar-refractivity contribution in [1.82, 2.24) is 0 Å². The molecule has 1 rings (SSSR count). The van der Waals surface area contributed by atoms with E-state index >= 15 is 0 Å². The van der Waals surface area contributed by atoms with Crippen molar-refractivity contribution >= 4 is 0 Å². The monoisotopic (exact) mass is 258 g/mol. The maximum atomic E-state index is 10.4. The second kappa shape index (κ2) is 6.38. The Hall–Kier alpha value is -2.38. The Morgan fingerprint density at radius 2 is 1.78 bits per heavy atom. The van der Waals surface area contributed by atoms with E-state index in [-0.39, 0.29) is 13.0 Å². The minimum absolute atomic E-state index is 0.230. The van der Waals surface area contributed by atoms with Crippen LogP contribution in [-0.2, 0) is 16.1 Å². The van der Waals surface area contributed by atoms with E-state index in [1.165, 1.54) is 0 Å². The highest BCUT2D eigenvalue weighted by Gasteiger charge is 2.25. The molecule has 0 saturated carbocycles. The van der Waals surface area contributed by atoms with Crippen LogP contribution in [0.5, 0.6) is 0 Å². The number of hydrogen-bond acceptors (Lipinski definition) is 4. The lowest BCUT2D eigenvalue weighted by Gasteiger charge is -2.06. The van der Waals surface area contributed by atoms with Crippen LogP contribution in [0.1, 0.15) is 11.1 Å². The summed E-state index contributed by atoms with van der Waals surface area (Å²) in [4.78, 5) is 29.3. The average molecular weight is 258 g/mol. The minimum Gasteiger partial charge on any atom is -0.200 e. The Balaban J connectivity index is 2.61. The van der Waals surface area contributed by atoms with Gasteiger partial charge >= 0.3 is 10.2 Å². The molecule has 0 radical (unpaired) electrons. The van der Waals surface area contributed by atoms with Crippen LogP contribution in [-0.4, -0.2) is 33.3 Å². The molecule has 18 heavy (non-hydrogen) atoms. The van der Waals surface area contributed by atoms with Crippen LogP contribution < -0.4 is 0 Å². The summed E-state index contributed by atoms with van der Waals surface area (Å²) in [6, 6.07) is 7.36. The summed E-state index contributed by atoms with van der Waals surface area (Å²) in [5.74, 6) is 0. The largest absolute Gasteiger partial charge is 0.475 e. The number of hydrogen-bond donors (Lipinski definition) is 2. The number of benzene rings is 1. The van der Waals surface area contributed by atoms with Gasteiger partial charge in [0.05, 0.1) is 0 Å². The second-order valence-corrected chi connectivity index (χ2v) is 3.69. The van der Waals surface area contributed by atoms with E-state index < -0.39 is 16.3 Å². The van der Waals surface area contributed by atoms with Crippen molar-refractivity contribution in [3.05, 3.63) is 45.2 Å². The lowest BCUT2D eigenvalue weighted by atomic mass is 10.1. The van der Waals surface area contributed by atoms with Gasteiger partial charge in [0, 0.05) is 6.42 Å². The van der Waals surface area contributed by atoms with Gasteiger partial charge in [-0.15, -0.1) is 0 Å². The van der Waals surface area contributed by atoms with E-state index in [9.17, 15) is 9.81 Å². The van der Waals surface area contributed by atoms with Gasteiger partial charge in [0.2, 0.25) is 12.7 Å². The lowest BCUT2D eigenvalue weighted by molar-refractivity contribution is -0.995. The van der Waals surface area contributed by atoms with E-state index in [0.717, 1.165) is 11.1 Å². The molecule has 2 N–H and O–H groups in total. The zero-order chi connectivity index (χ0) is 13.5. The highest BCUT2D eigenvalue weighted by Crippen LogP contribution is 2.08. The van der Waals surface area contributed by atoms with Gasteiger partial charge in [0.25, 0.3) is 0 Å². The van der Waals surface area contributed by atoms with Gasteiger partial charge in [-0.1, -0.05) is 29.8 Å². The zero-order valence-electron chi connectivity index (χ0n) is 9.72. The van der Waals surface area contributed by atoms with E-state index in [4.69, 9.17) is 10.4 Å². The Labute approximate surface area is 102 Å². The summed E-state index contributed by atoms with van der Waals surface area (Å²) in [6.07, 6.45) is -0.674. The molecule has 0 amide bonds. The number of rotatable bonds is 7. The smallest absolute Gasteiger partial charge is 0.200 e. The second-order valence-electron chi connectivity index (χ2n) is 3.69. The van der Waals surface area contributed by atoms with Gasteiger partial charge in [0.1, 0.15) is 9.81 Å². The molecule has 0 aliphatic carbocycles. The number of aryl methyl sites for hydroxylation is 1. The predicted molar refractivity (Wildman–Crippen MR) is 56.5 cm³/mol. The van der Waals surface area contributed by atoms with Gasteiger partial charge < -0.3 is 0 Å². The first-order valence-electron chi connectivity index (χ1n) is 5.15. The molecule has 0 spiro atoms. The lowest BCUT2D eigenvalue weighted by Crippen LogP contribution is -2.27. The van der Waals surface area contributed by atoms with Crippen molar-refractivity contribution < 1.29 is 30.3 Å². The summed E-state index contributed by atoms with van der Waals surface area (Å²) < 4.78 is 0. The third-order valence-electron chi connectivity index (χ3n) is 2.19. The van der Waals surface area contributed by atoms with Crippen molar-refractivity contribution in [1.29, 1.82) is 0 Å². The third-order valence-corrected chi connectivity index (χ3v) is 2.19. The van der Waals surface area contributed by atoms with E-state index in [1.807, 2.05) is 31.2 Å². The standard InChI is InChI=1S/C10H14N2O6/c1-8-2-4-9(5-3-8)6-10(18-12(15)16)7-17-11(13)14/h2-5,10H,6-7H2,1H3,(H,13,14)(H,15,16)/q+2. The average Bonchev–Trinajstić information content (AvgIpc) is 2.28. The predicted octanol–water partition coefficient (Wildman–Crippen LogP) is 1.11. The Kier molecular flexibility index (Phi) is 4.85. The van der Waals surface area contributed by atoms with Gasteiger partial charge in [-0.25, -0.2) is 10.4 Å². The molecule has 0 aliphatic heterocycles. The molecular weight excluding hydrogens is 244 g/mol. The van der Waals surface area contributed by atoms with Crippen molar-refractivity contribution in [2.24, 2.45) is 0 Å². The number of nitrogens with zero attached hydrogens (tertiary/aromatic N) is 2. The fourth-order valence-electron chi connectivity index (χ4n) is 1.39. The highest BCUT2D eigenvalue weighted by atomic mass is 17.0. The molecule has 0 saturated heterocycles. The Bertz CT molecular complexity index is 419. The summed E-state index contributed by atoms with van der Waals surface area (Å²) in [5, 5.41) is 15.3. The van der Waals surface area contributed by atoms with E-state index in [0.29, 0.717) is 0 Å². The summed E-state index contributed by atoms with van der Waals surface area (Å²) in [6.45, 7) is 1.54.